The predicted octanol–water partition coefficient (Wildman–Crippen LogP) is 2.87. The van der Waals surface area contributed by atoms with Crippen molar-refractivity contribution >= 4 is 5.91 Å². The van der Waals surface area contributed by atoms with Crippen LogP contribution in [0.3, 0.4) is 0 Å². The molecule has 2 heterocycles. The number of piperidine rings is 1. The van der Waals surface area contributed by atoms with Gasteiger partial charge in [0.2, 0.25) is 5.91 Å². The van der Waals surface area contributed by atoms with Gasteiger partial charge in [-0.05, 0) is 44.1 Å². The number of fused-ring (bicyclic) bond motifs is 2. The van der Waals surface area contributed by atoms with Gasteiger partial charge in [-0.1, -0.05) is 29.8 Å². The van der Waals surface area contributed by atoms with E-state index < -0.39 is 0 Å². The predicted molar refractivity (Wildman–Crippen MR) is 84.9 cm³/mol. The summed E-state index contributed by atoms with van der Waals surface area (Å²) >= 11 is 0. The van der Waals surface area contributed by atoms with Gasteiger partial charge in [-0.15, -0.1) is 0 Å². The van der Waals surface area contributed by atoms with Gasteiger partial charge in [0.25, 0.3) is 0 Å². The summed E-state index contributed by atoms with van der Waals surface area (Å²) in [6.45, 7) is 2.81. The van der Waals surface area contributed by atoms with Crippen LogP contribution in [0.4, 0.5) is 0 Å². The van der Waals surface area contributed by atoms with Crippen molar-refractivity contribution in [1.82, 2.24) is 10.2 Å². The Morgan fingerprint density at radius 1 is 1.19 bits per heavy atom. The molecule has 1 amide bonds. The number of nitrogens with one attached hydrogen (secondary N) is 1. The van der Waals surface area contributed by atoms with Crippen LogP contribution in [-0.4, -0.2) is 29.9 Å². The molecule has 0 aromatic heterocycles. The molecule has 3 nitrogen and oxygen atoms in total. The summed E-state index contributed by atoms with van der Waals surface area (Å²) in [5, 5.41) is 3.64. The lowest BCUT2D eigenvalue weighted by Gasteiger charge is -2.30. The van der Waals surface area contributed by atoms with Gasteiger partial charge in [0.15, 0.2) is 0 Å². The maximum absolute atomic E-state index is 12.4. The van der Waals surface area contributed by atoms with Crippen molar-refractivity contribution in [1.29, 1.82) is 0 Å². The maximum atomic E-state index is 12.4. The largest absolute Gasteiger partial charge is 0.341 e. The smallest absolute Gasteiger partial charge is 0.222 e. The van der Waals surface area contributed by atoms with E-state index in [9.17, 15) is 4.79 Å². The molecule has 114 valence electrons. The first kappa shape index (κ1) is 14.6. The van der Waals surface area contributed by atoms with E-state index in [1.54, 1.807) is 0 Å². The highest BCUT2D eigenvalue weighted by atomic mass is 16.2. The highest BCUT2D eigenvalue weighted by molar-refractivity contribution is 5.76. The summed E-state index contributed by atoms with van der Waals surface area (Å²) in [7, 11) is 1.93. The Hall–Kier alpha value is -1.35. The first-order chi connectivity index (χ1) is 10.1. The Morgan fingerprint density at radius 3 is 2.43 bits per heavy atom. The molecule has 0 saturated carbocycles. The first-order valence-corrected chi connectivity index (χ1v) is 8.15. The van der Waals surface area contributed by atoms with Gasteiger partial charge in [-0.2, -0.15) is 0 Å². The third-order valence-corrected chi connectivity index (χ3v) is 5.00. The van der Waals surface area contributed by atoms with E-state index in [0.717, 1.165) is 13.0 Å². The van der Waals surface area contributed by atoms with Crippen LogP contribution in [-0.2, 0) is 11.3 Å². The van der Waals surface area contributed by atoms with Crippen molar-refractivity contribution in [2.45, 2.75) is 57.7 Å². The molecule has 2 atom stereocenters. The highest BCUT2D eigenvalue weighted by Crippen LogP contribution is 2.32. The van der Waals surface area contributed by atoms with Gasteiger partial charge in [-0.3, -0.25) is 4.79 Å². The second kappa shape index (κ2) is 6.18. The number of hydrogen-bond acceptors (Lipinski definition) is 2. The number of carbonyl (C=O) groups excluding carboxylic acids is 1. The topological polar surface area (TPSA) is 32.3 Å². The summed E-state index contributed by atoms with van der Waals surface area (Å²) in [5.41, 5.74) is 2.47. The zero-order valence-electron chi connectivity index (χ0n) is 13.1. The van der Waals surface area contributed by atoms with Crippen LogP contribution in [0.2, 0.25) is 0 Å². The van der Waals surface area contributed by atoms with Gasteiger partial charge in [-0.25, -0.2) is 0 Å². The van der Waals surface area contributed by atoms with E-state index in [-0.39, 0.29) is 0 Å². The van der Waals surface area contributed by atoms with Gasteiger partial charge in [0.1, 0.15) is 0 Å². The van der Waals surface area contributed by atoms with Crippen LogP contribution in [0.5, 0.6) is 0 Å². The fraction of sp³-hybridized carbons (Fsp3) is 0.611. The average Bonchev–Trinajstić information content (AvgIpc) is 2.80. The molecule has 3 rings (SSSR count). The van der Waals surface area contributed by atoms with E-state index in [2.05, 4.69) is 36.5 Å². The second-order valence-electron chi connectivity index (χ2n) is 6.91. The monoisotopic (exact) mass is 286 g/mol. The van der Waals surface area contributed by atoms with Crippen LogP contribution in [0.1, 0.15) is 43.2 Å². The molecular formula is C18H26N2O. The van der Waals surface area contributed by atoms with Crippen LogP contribution >= 0.6 is 0 Å². The Balaban J connectivity index is 1.51. The molecule has 2 fully saturated rings. The van der Waals surface area contributed by atoms with Crippen molar-refractivity contribution in [3.63, 3.8) is 0 Å². The Kier molecular flexibility index (Phi) is 4.29. The minimum Gasteiger partial charge on any atom is -0.341 e. The molecule has 0 aliphatic carbocycles. The lowest BCUT2D eigenvalue weighted by molar-refractivity contribution is -0.131. The SMILES string of the molecule is Cc1ccc(CN(C)C(=O)CC2CC3CCC(C2)N3)cc1. The van der Waals surface area contributed by atoms with Crippen LogP contribution in [0.15, 0.2) is 24.3 Å². The van der Waals surface area contributed by atoms with Crippen molar-refractivity contribution in [3.05, 3.63) is 35.4 Å². The maximum Gasteiger partial charge on any atom is 0.222 e. The third-order valence-electron chi connectivity index (χ3n) is 5.00. The first-order valence-electron chi connectivity index (χ1n) is 8.15. The van der Waals surface area contributed by atoms with Gasteiger partial charge >= 0.3 is 0 Å². The summed E-state index contributed by atoms with van der Waals surface area (Å²) in [6.07, 6.45) is 5.68. The molecule has 2 saturated heterocycles. The summed E-state index contributed by atoms with van der Waals surface area (Å²) in [4.78, 5) is 14.3. The zero-order chi connectivity index (χ0) is 14.8. The standard InChI is InChI=1S/C18H26N2O/c1-13-3-5-14(6-4-13)12-20(2)18(21)11-15-9-16-7-8-17(10-15)19-16/h3-6,15-17,19H,7-12H2,1-2H3. The fourth-order valence-corrected chi connectivity index (χ4v) is 3.80. The Morgan fingerprint density at radius 2 is 1.81 bits per heavy atom. The molecule has 0 radical (unpaired) electrons. The molecule has 2 aliphatic heterocycles. The summed E-state index contributed by atoms with van der Waals surface area (Å²) in [6, 6.07) is 9.79. The molecule has 21 heavy (non-hydrogen) atoms. The summed E-state index contributed by atoms with van der Waals surface area (Å²) < 4.78 is 0. The van der Waals surface area contributed by atoms with E-state index in [1.807, 2.05) is 11.9 Å². The lowest BCUT2D eigenvalue weighted by atomic mass is 9.89. The molecule has 2 bridgehead atoms. The van der Waals surface area contributed by atoms with Crippen molar-refractivity contribution in [2.24, 2.45) is 5.92 Å². The number of benzene rings is 1. The highest BCUT2D eigenvalue weighted by Gasteiger charge is 2.34. The molecule has 0 spiro atoms. The molecule has 1 aromatic carbocycles. The third kappa shape index (κ3) is 3.65. The van der Waals surface area contributed by atoms with Crippen LogP contribution in [0.25, 0.3) is 0 Å². The minimum atomic E-state index is 0.293. The molecular weight excluding hydrogens is 260 g/mol. The quantitative estimate of drug-likeness (QED) is 0.923. The summed E-state index contributed by atoms with van der Waals surface area (Å²) in [5.74, 6) is 0.874. The van der Waals surface area contributed by atoms with E-state index in [0.29, 0.717) is 23.9 Å². The molecule has 3 heteroatoms. The average molecular weight is 286 g/mol. The van der Waals surface area contributed by atoms with Crippen molar-refractivity contribution in [2.75, 3.05) is 7.05 Å². The van der Waals surface area contributed by atoms with Gasteiger partial charge in [0.05, 0.1) is 0 Å². The van der Waals surface area contributed by atoms with E-state index >= 15 is 0 Å². The molecule has 2 aliphatic rings. The number of nitrogens with zero attached hydrogens (tertiary/aromatic N) is 1. The van der Waals surface area contributed by atoms with Crippen LogP contribution < -0.4 is 5.32 Å². The number of aryl methyl sites for hydroxylation is 1. The van der Waals surface area contributed by atoms with Crippen molar-refractivity contribution in [3.8, 4) is 0 Å². The number of carbonyl (C=O) groups is 1. The number of amides is 1. The molecule has 1 aromatic rings. The Bertz CT molecular complexity index is 484. The van der Waals surface area contributed by atoms with Crippen LogP contribution in [0, 0.1) is 12.8 Å². The molecule has 2 unspecified atom stereocenters. The number of rotatable bonds is 4. The minimum absolute atomic E-state index is 0.293. The van der Waals surface area contributed by atoms with E-state index in [1.165, 1.54) is 36.8 Å². The number of hydrogen-bond donors (Lipinski definition) is 1. The lowest BCUT2D eigenvalue weighted by Crippen LogP contribution is -2.39. The Labute approximate surface area is 127 Å². The van der Waals surface area contributed by atoms with E-state index in [4.69, 9.17) is 0 Å². The fourth-order valence-electron chi connectivity index (χ4n) is 3.80. The van der Waals surface area contributed by atoms with Gasteiger partial charge < -0.3 is 10.2 Å². The zero-order valence-corrected chi connectivity index (χ0v) is 13.1. The van der Waals surface area contributed by atoms with Crippen molar-refractivity contribution < 1.29 is 4.79 Å². The van der Waals surface area contributed by atoms with Gasteiger partial charge in [0, 0.05) is 32.1 Å². The molecule has 1 N–H and O–H groups in total. The second-order valence-corrected chi connectivity index (χ2v) is 6.91. The normalized spacial score (nSPS) is 27.6.